The quantitative estimate of drug-likeness (QED) is 0.737. The molecule has 106 valence electrons. The van der Waals surface area contributed by atoms with Gasteiger partial charge in [0.05, 0.1) is 18.2 Å². The minimum atomic E-state index is 0.0241. The molecule has 0 bridgehead atoms. The van der Waals surface area contributed by atoms with Gasteiger partial charge >= 0.3 is 0 Å². The molecule has 0 spiro atoms. The maximum absolute atomic E-state index is 6.06. The van der Waals surface area contributed by atoms with Gasteiger partial charge in [-0.15, -0.1) is 0 Å². The van der Waals surface area contributed by atoms with Crippen molar-refractivity contribution in [2.45, 2.75) is 6.04 Å². The molecule has 0 aliphatic carbocycles. The van der Waals surface area contributed by atoms with Gasteiger partial charge in [0.15, 0.2) is 0 Å². The summed E-state index contributed by atoms with van der Waals surface area (Å²) in [4.78, 5) is 0. The molecule has 0 fully saturated rings. The van der Waals surface area contributed by atoms with Crippen LogP contribution in [0.3, 0.4) is 0 Å². The molecule has 1 N–H and O–H groups in total. The number of nitrogens with one attached hydrogen (secondary N) is 1. The average molecular weight is 420 g/mol. The Bertz CT molecular complexity index is 619. The van der Waals surface area contributed by atoms with Crippen molar-refractivity contribution >= 4 is 43.5 Å². The summed E-state index contributed by atoms with van der Waals surface area (Å²) in [6.07, 6.45) is 0. The molecule has 0 amide bonds. The van der Waals surface area contributed by atoms with Crippen LogP contribution in [0.1, 0.15) is 17.2 Å². The normalized spacial score (nSPS) is 12.2. The first kappa shape index (κ1) is 15.8. The summed E-state index contributed by atoms with van der Waals surface area (Å²) in [7, 11) is 3.60. The Morgan fingerprint density at radius 3 is 2.50 bits per heavy atom. The van der Waals surface area contributed by atoms with E-state index in [4.69, 9.17) is 16.3 Å². The number of methoxy groups -OCH3 is 1. The zero-order valence-electron chi connectivity index (χ0n) is 11.1. The molecule has 0 saturated heterocycles. The van der Waals surface area contributed by atoms with E-state index in [9.17, 15) is 0 Å². The van der Waals surface area contributed by atoms with Crippen molar-refractivity contribution < 1.29 is 4.74 Å². The predicted octanol–water partition coefficient (Wildman–Crippen LogP) is 5.18. The number of benzene rings is 2. The van der Waals surface area contributed by atoms with Gasteiger partial charge in [-0.3, -0.25) is 0 Å². The summed E-state index contributed by atoms with van der Waals surface area (Å²) in [5, 5.41) is 4.02. The molecule has 1 atom stereocenters. The van der Waals surface area contributed by atoms with E-state index in [1.54, 1.807) is 7.11 Å². The van der Waals surface area contributed by atoms with Gasteiger partial charge in [0.2, 0.25) is 0 Å². The van der Waals surface area contributed by atoms with Crippen LogP contribution in [0.4, 0.5) is 0 Å². The Hall–Kier alpha value is -0.550. The van der Waals surface area contributed by atoms with Gasteiger partial charge in [-0.05, 0) is 58.9 Å². The fraction of sp³-hybridized carbons (Fsp3) is 0.200. The molecule has 2 rings (SSSR count). The SMILES string of the molecule is CNC(c1ccc(Cl)c(Br)c1)c1cc(Br)ccc1OC. The summed E-state index contributed by atoms with van der Waals surface area (Å²) >= 11 is 13.0. The maximum Gasteiger partial charge on any atom is 0.124 e. The fourth-order valence-corrected chi connectivity index (χ4v) is 3.02. The zero-order valence-corrected chi connectivity index (χ0v) is 15.0. The number of rotatable bonds is 4. The molecule has 2 aromatic carbocycles. The third-order valence-electron chi connectivity index (χ3n) is 3.07. The van der Waals surface area contributed by atoms with E-state index in [0.717, 1.165) is 25.8 Å². The first-order valence-electron chi connectivity index (χ1n) is 6.02. The minimum Gasteiger partial charge on any atom is -0.496 e. The number of hydrogen-bond acceptors (Lipinski definition) is 2. The highest BCUT2D eigenvalue weighted by Crippen LogP contribution is 2.34. The summed E-state index contributed by atoms with van der Waals surface area (Å²) in [6.45, 7) is 0. The van der Waals surface area contributed by atoms with E-state index < -0.39 is 0 Å². The van der Waals surface area contributed by atoms with Crippen LogP contribution in [0, 0.1) is 0 Å². The second-order valence-electron chi connectivity index (χ2n) is 4.28. The largest absolute Gasteiger partial charge is 0.496 e. The van der Waals surface area contributed by atoms with E-state index in [1.807, 2.05) is 37.4 Å². The van der Waals surface area contributed by atoms with Crippen LogP contribution in [-0.4, -0.2) is 14.2 Å². The van der Waals surface area contributed by atoms with Crippen molar-refractivity contribution in [2.24, 2.45) is 0 Å². The van der Waals surface area contributed by atoms with E-state index in [2.05, 4.69) is 43.2 Å². The number of hydrogen-bond donors (Lipinski definition) is 1. The van der Waals surface area contributed by atoms with Crippen LogP contribution in [0.2, 0.25) is 5.02 Å². The molecular weight excluding hydrogens is 405 g/mol. The van der Waals surface area contributed by atoms with Crippen LogP contribution in [0.5, 0.6) is 5.75 Å². The van der Waals surface area contributed by atoms with E-state index >= 15 is 0 Å². The van der Waals surface area contributed by atoms with Gasteiger partial charge in [-0.1, -0.05) is 33.6 Å². The smallest absolute Gasteiger partial charge is 0.124 e. The minimum absolute atomic E-state index is 0.0241. The monoisotopic (exact) mass is 417 g/mol. The van der Waals surface area contributed by atoms with Crippen LogP contribution in [0.15, 0.2) is 45.3 Å². The molecular formula is C15H14Br2ClNO. The highest BCUT2D eigenvalue weighted by molar-refractivity contribution is 9.10. The summed E-state index contributed by atoms with van der Waals surface area (Å²) in [6, 6.07) is 11.9. The number of ether oxygens (including phenoxy) is 1. The van der Waals surface area contributed by atoms with Gasteiger partial charge in [0.1, 0.15) is 5.75 Å². The average Bonchev–Trinajstić information content (AvgIpc) is 2.44. The summed E-state index contributed by atoms with van der Waals surface area (Å²) in [5.41, 5.74) is 2.18. The Balaban J connectivity index is 2.51. The first-order valence-corrected chi connectivity index (χ1v) is 7.99. The lowest BCUT2D eigenvalue weighted by molar-refractivity contribution is 0.405. The van der Waals surface area contributed by atoms with Gasteiger partial charge in [0, 0.05) is 14.5 Å². The van der Waals surface area contributed by atoms with Gasteiger partial charge in [-0.25, -0.2) is 0 Å². The van der Waals surface area contributed by atoms with Crippen molar-refractivity contribution in [2.75, 3.05) is 14.2 Å². The lowest BCUT2D eigenvalue weighted by atomic mass is 9.98. The van der Waals surface area contributed by atoms with Crippen molar-refractivity contribution in [3.63, 3.8) is 0 Å². The lowest BCUT2D eigenvalue weighted by Gasteiger charge is -2.20. The Kier molecular flexibility index (Phi) is 5.49. The molecule has 0 aromatic heterocycles. The molecule has 0 saturated carbocycles. The Labute approximate surface area is 140 Å². The molecule has 0 radical (unpaired) electrons. The van der Waals surface area contributed by atoms with E-state index in [0.29, 0.717) is 5.02 Å². The molecule has 0 aliphatic rings. The highest BCUT2D eigenvalue weighted by atomic mass is 79.9. The van der Waals surface area contributed by atoms with Gasteiger partial charge in [0.25, 0.3) is 0 Å². The van der Waals surface area contributed by atoms with Crippen LogP contribution in [-0.2, 0) is 0 Å². The molecule has 1 unspecified atom stereocenters. The second kappa shape index (κ2) is 6.94. The van der Waals surface area contributed by atoms with Crippen molar-refractivity contribution in [1.82, 2.24) is 5.32 Å². The number of halogens is 3. The van der Waals surface area contributed by atoms with Crippen LogP contribution in [0.25, 0.3) is 0 Å². The molecule has 2 aromatic rings. The van der Waals surface area contributed by atoms with Gasteiger partial charge in [-0.2, -0.15) is 0 Å². The molecule has 0 aliphatic heterocycles. The summed E-state index contributed by atoms with van der Waals surface area (Å²) in [5.74, 6) is 0.846. The van der Waals surface area contributed by atoms with Crippen molar-refractivity contribution in [3.8, 4) is 5.75 Å². The molecule has 2 nitrogen and oxygen atoms in total. The Morgan fingerprint density at radius 1 is 1.15 bits per heavy atom. The second-order valence-corrected chi connectivity index (χ2v) is 6.46. The van der Waals surface area contributed by atoms with E-state index in [1.165, 1.54) is 0 Å². The van der Waals surface area contributed by atoms with Crippen molar-refractivity contribution in [1.29, 1.82) is 0 Å². The highest BCUT2D eigenvalue weighted by Gasteiger charge is 2.17. The topological polar surface area (TPSA) is 21.3 Å². The first-order chi connectivity index (χ1) is 9.56. The molecule has 20 heavy (non-hydrogen) atoms. The van der Waals surface area contributed by atoms with E-state index in [-0.39, 0.29) is 6.04 Å². The third kappa shape index (κ3) is 3.37. The fourth-order valence-electron chi connectivity index (χ4n) is 2.12. The van der Waals surface area contributed by atoms with Crippen LogP contribution < -0.4 is 10.1 Å². The van der Waals surface area contributed by atoms with Crippen molar-refractivity contribution in [3.05, 3.63) is 61.5 Å². The standard InChI is InChI=1S/C15H14Br2ClNO/c1-19-15(9-3-5-13(18)12(17)7-9)11-8-10(16)4-6-14(11)20-2/h3-8,15,19H,1-2H3. The third-order valence-corrected chi connectivity index (χ3v) is 4.78. The summed E-state index contributed by atoms with van der Waals surface area (Å²) < 4.78 is 7.36. The zero-order chi connectivity index (χ0) is 14.7. The predicted molar refractivity (Wildman–Crippen MR) is 90.7 cm³/mol. The lowest BCUT2D eigenvalue weighted by Crippen LogP contribution is -2.18. The molecule has 5 heteroatoms. The van der Waals surface area contributed by atoms with Crippen LogP contribution >= 0.6 is 43.5 Å². The van der Waals surface area contributed by atoms with Gasteiger partial charge < -0.3 is 10.1 Å². The Morgan fingerprint density at radius 2 is 1.90 bits per heavy atom. The maximum atomic E-state index is 6.06. The molecule has 0 heterocycles.